The lowest BCUT2D eigenvalue weighted by Gasteiger charge is -2.30. The standard InChI is InChI=1S/C13H23N5OS/c1-10-5-7-17(8-6-10)11(19)9-20-12-14-15-16-18(12)13(2,3)4/h10H,5-9H2,1-4H3. The summed E-state index contributed by atoms with van der Waals surface area (Å²) in [6.45, 7) is 10.1. The summed E-state index contributed by atoms with van der Waals surface area (Å²) < 4.78 is 1.77. The summed E-state index contributed by atoms with van der Waals surface area (Å²) in [5.74, 6) is 1.33. The van der Waals surface area contributed by atoms with Gasteiger partial charge in [0.25, 0.3) is 0 Å². The number of nitrogens with zero attached hydrogens (tertiary/aromatic N) is 5. The van der Waals surface area contributed by atoms with Crippen molar-refractivity contribution < 1.29 is 4.79 Å². The van der Waals surface area contributed by atoms with Gasteiger partial charge in [0.1, 0.15) is 0 Å². The molecule has 0 aliphatic carbocycles. The summed E-state index contributed by atoms with van der Waals surface area (Å²) in [6, 6.07) is 0. The molecule has 0 bridgehead atoms. The number of likely N-dealkylation sites (tertiary alicyclic amines) is 1. The molecular weight excluding hydrogens is 274 g/mol. The van der Waals surface area contributed by atoms with Gasteiger partial charge in [-0.15, -0.1) is 5.10 Å². The minimum absolute atomic E-state index is 0.171. The van der Waals surface area contributed by atoms with E-state index in [2.05, 4.69) is 22.4 Å². The molecule has 1 aliphatic heterocycles. The maximum atomic E-state index is 12.2. The van der Waals surface area contributed by atoms with Gasteiger partial charge in [0, 0.05) is 13.1 Å². The normalized spacial score (nSPS) is 17.5. The van der Waals surface area contributed by atoms with Gasteiger partial charge in [-0.25, -0.2) is 4.68 Å². The SMILES string of the molecule is CC1CCN(C(=O)CSc2nnnn2C(C)(C)C)CC1. The van der Waals surface area contributed by atoms with Gasteiger partial charge < -0.3 is 4.90 Å². The summed E-state index contributed by atoms with van der Waals surface area (Å²) in [6.07, 6.45) is 2.21. The van der Waals surface area contributed by atoms with E-state index in [1.165, 1.54) is 11.8 Å². The van der Waals surface area contributed by atoms with Crippen LogP contribution in [0.4, 0.5) is 0 Å². The lowest BCUT2D eigenvalue weighted by Crippen LogP contribution is -2.39. The molecule has 1 aromatic rings. The third-order valence-corrected chi connectivity index (χ3v) is 4.44. The second-order valence-corrected chi connectivity index (χ2v) is 7.34. The Kier molecular flexibility index (Phi) is 4.67. The van der Waals surface area contributed by atoms with E-state index in [1.54, 1.807) is 4.68 Å². The number of tetrazole rings is 1. The van der Waals surface area contributed by atoms with E-state index >= 15 is 0 Å². The molecule has 20 heavy (non-hydrogen) atoms. The molecule has 1 saturated heterocycles. The van der Waals surface area contributed by atoms with Crippen LogP contribution in [0.15, 0.2) is 5.16 Å². The van der Waals surface area contributed by atoms with Crippen LogP contribution in [0.5, 0.6) is 0 Å². The molecule has 0 aromatic carbocycles. The smallest absolute Gasteiger partial charge is 0.233 e. The van der Waals surface area contributed by atoms with Gasteiger partial charge in [0.15, 0.2) is 0 Å². The van der Waals surface area contributed by atoms with Crippen LogP contribution in [0.1, 0.15) is 40.5 Å². The molecule has 0 unspecified atom stereocenters. The molecule has 1 aliphatic rings. The first-order chi connectivity index (χ1) is 9.38. The molecule has 2 rings (SSSR count). The number of amides is 1. The monoisotopic (exact) mass is 297 g/mol. The summed E-state index contributed by atoms with van der Waals surface area (Å²) in [4.78, 5) is 14.1. The average Bonchev–Trinajstić information content (AvgIpc) is 2.85. The molecule has 0 N–H and O–H groups in total. The van der Waals surface area contributed by atoms with Crippen LogP contribution in [0.25, 0.3) is 0 Å². The van der Waals surface area contributed by atoms with Crippen molar-refractivity contribution in [2.45, 2.75) is 51.2 Å². The Morgan fingerprint density at radius 2 is 2.00 bits per heavy atom. The Morgan fingerprint density at radius 1 is 1.35 bits per heavy atom. The summed E-state index contributed by atoms with van der Waals surface area (Å²) in [5.41, 5.74) is -0.171. The van der Waals surface area contributed by atoms with Crippen LogP contribution in [-0.4, -0.2) is 49.9 Å². The highest BCUT2D eigenvalue weighted by atomic mass is 32.2. The number of rotatable bonds is 3. The van der Waals surface area contributed by atoms with Crippen molar-refractivity contribution >= 4 is 17.7 Å². The summed E-state index contributed by atoms with van der Waals surface area (Å²) in [5, 5.41) is 12.4. The molecular formula is C13H23N5OS. The van der Waals surface area contributed by atoms with Crippen LogP contribution < -0.4 is 0 Å². The van der Waals surface area contributed by atoms with E-state index in [9.17, 15) is 4.79 Å². The van der Waals surface area contributed by atoms with Crippen molar-refractivity contribution in [1.29, 1.82) is 0 Å². The zero-order valence-corrected chi connectivity index (χ0v) is 13.5. The van der Waals surface area contributed by atoms with E-state index in [-0.39, 0.29) is 11.4 Å². The van der Waals surface area contributed by atoms with E-state index in [1.807, 2.05) is 25.7 Å². The fourth-order valence-corrected chi connectivity index (χ4v) is 3.13. The zero-order chi connectivity index (χ0) is 14.8. The van der Waals surface area contributed by atoms with Gasteiger partial charge in [0.2, 0.25) is 11.1 Å². The molecule has 0 atom stereocenters. The van der Waals surface area contributed by atoms with E-state index in [0.29, 0.717) is 10.9 Å². The highest BCUT2D eigenvalue weighted by molar-refractivity contribution is 7.99. The summed E-state index contributed by atoms with van der Waals surface area (Å²) >= 11 is 1.42. The maximum Gasteiger partial charge on any atom is 0.233 e. The van der Waals surface area contributed by atoms with Gasteiger partial charge in [-0.3, -0.25) is 4.79 Å². The van der Waals surface area contributed by atoms with Crippen molar-refractivity contribution in [3.8, 4) is 0 Å². The molecule has 1 amide bonds. The highest BCUT2D eigenvalue weighted by Gasteiger charge is 2.23. The van der Waals surface area contributed by atoms with Gasteiger partial charge in [-0.2, -0.15) is 0 Å². The van der Waals surface area contributed by atoms with Crippen LogP contribution >= 0.6 is 11.8 Å². The lowest BCUT2D eigenvalue weighted by atomic mass is 9.99. The van der Waals surface area contributed by atoms with Crippen molar-refractivity contribution in [3.05, 3.63) is 0 Å². The molecule has 0 saturated carbocycles. The van der Waals surface area contributed by atoms with Crippen LogP contribution in [-0.2, 0) is 10.3 Å². The van der Waals surface area contributed by atoms with Crippen LogP contribution in [0.2, 0.25) is 0 Å². The van der Waals surface area contributed by atoms with E-state index < -0.39 is 0 Å². The largest absolute Gasteiger partial charge is 0.342 e. The quantitative estimate of drug-likeness (QED) is 0.796. The van der Waals surface area contributed by atoms with Crippen molar-refractivity contribution in [1.82, 2.24) is 25.1 Å². The van der Waals surface area contributed by atoms with Gasteiger partial charge in [0.05, 0.1) is 11.3 Å². The maximum absolute atomic E-state index is 12.2. The zero-order valence-electron chi connectivity index (χ0n) is 12.7. The molecule has 7 heteroatoms. The number of thioether (sulfide) groups is 1. The number of hydrogen-bond acceptors (Lipinski definition) is 5. The van der Waals surface area contributed by atoms with Gasteiger partial charge in [-0.05, 0) is 50.0 Å². The third kappa shape index (κ3) is 3.71. The average molecular weight is 297 g/mol. The molecule has 1 fully saturated rings. The van der Waals surface area contributed by atoms with Crippen LogP contribution in [0, 0.1) is 5.92 Å². The third-order valence-electron chi connectivity index (χ3n) is 3.54. The topological polar surface area (TPSA) is 63.9 Å². The number of hydrogen-bond donors (Lipinski definition) is 0. The molecule has 0 spiro atoms. The predicted octanol–water partition coefficient (Wildman–Crippen LogP) is 1.78. The molecule has 112 valence electrons. The second-order valence-electron chi connectivity index (χ2n) is 6.40. The lowest BCUT2D eigenvalue weighted by molar-refractivity contribution is -0.129. The fourth-order valence-electron chi connectivity index (χ4n) is 2.17. The minimum Gasteiger partial charge on any atom is -0.342 e. The second kappa shape index (κ2) is 6.11. The van der Waals surface area contributed by atoms with E-state index in [0.717, 1.165) is 31.8 Å². The van der Waals surface area contributed by atoms with E-state index in [4.69, 9.17) is 0 Å². The van der Waals surface area contributed by atoms with Crippen molar-refractivity contribution in [2.24, 2.45) is 5.92 Å². The van der Waals surface area contributed by atoms with Gasteiger partial charge in [-0.1, -0.05) is 18.7 Å². The predicted molar refractivity (Wildman–Crippen MR) is 78.5 cm³/mol. The Balaban J connectivity index is 1.89. The first-order valence-corrected chi connectivity index (χ1v) is 8.06. The molecule has 2 heterocycles. The Labute approximate surface area is 124 Å². The molecule has 1 aromatic heterocycles. The molecule has 0 radical (unpaired) electrons. The Hall–Kier alpha value is -1.11. The number of piperidine rings is 1. The highest BCUT2D eigenvalue weighted by Crippen LogP contribution is 2.22. The Bertz CT molecular complexity index is 460. The molecule has 6 nitrogen and oxygen atoms in total. The first kappa shape index (κ1) is 15.3. The van der Waals surface area contributed by atoms with Crippen molar-refractivity contribution in [2.75, 3.05) is 18.8 Å². The minimum atomic E-state index is -0.171. The van der Waals surface area contributed by atoms with Crippen molar-refractivity contribution in [3.63, 3.8) is 0 Å². The van der Waals surface area contributed by atoms with Gasteiger partial charge >= 0.3 is 0 Å². The number of carbonyl (C=O) groups excluding carboxylic acids is 1. The Morgan fingerprint density at radius 3 is 2.60 bits per heavy atom. The first-order valence-electron chi connectivity index (χ1n) is 7.07. The number of carbonyl (C=O) groups is 1. The fraction of sp³-hybridized carbons (Fsp3) is 0.846. The summed E-state index contributed by atoms with van der Waals surface area (Å²) in [7, 11) is 0. The number of aromatic nitrogens is 4. The van der Waals surface area contributed by atoms with Crippen LogP contribution in [0.3, 0.4) is 0 Å².